The summed E-state index contributed by atoms with van der Waals surface area (Å²) in [6, 6.07) is 0. The van der Waals surface area contributed by atoms with Crippen LogP contribution in [0.1, 0.15) is 49.1 Å². The molecule has 2 amide bonds. The lowest BCUT2D eigenvalue weighted by Crippen LogP contribution is -2.52. The Hall–Kier alpha value is -1.85. The molecule has 1 aliphatic heterocycles. The molecule has 3 rings (SSSR count). The van der Waals surface area contributed by atoms with Crippen molar-refractivity contribution in [2.24, 2.45) is 13.0 Å². The van der Waals surface area contributed by atoms with Crippen molar-refractivity contribution in [2.45, 2.75) is 52.4 Å². The number of carbonyl (C=O) groups excluding carboxylic acids is 2. The van der Waals surface area contributed by atoms with Crippen LogP contribution in [0.2, 0.25) is 0 Å². The molecule has 0 bridgehead atoms. The van der Waals surface area contributed by atoms with E-state index in [0.29, 0.717) is 38.5 Å². The summed E-state index contributed by atoms with van der Waals surface area (Å²) >= 11 is 0. The van der Waals surface area contributed by atoms with E-state index in [4.69, 9.17) is 0 Å². The highest BCUT2D eigenvalue weighted by Gasteiger charge is 2.30. The molecule has 138 valence electrons. The molecule has 1 saturated heterocycles. The molecule has 0 atom stereocenters. The molecule has 0 spiro atoms. The van der Waals surface area contributed by atoms with E-state index in [0.717, 1.165) is 29.8 Å². The summed E-state index contributed by atoms with van der Waals surface area (Å²) in [6.07, 6.45) is 6.10. The van der Waals surface area contributed by atoms with Gasteiger partial charge in [-0.05, 0) is 26.7 Å². The quantitative estimate of drug-likeness (QED) is 0.839. The lowest BCUT2D eigenvalue weighted by molar-refractivity contribution is -0.142. The van der Waals surface area contributed by atoms with Gasteiger partial charge in [-0.1, -0.05) is 19.3 Å². The molecule has 0 N–H and O–H groups in total. The minimum Gasteiger partial charge on any atom is -0.339 e. The Morgan fingerprint density at radius 2 is 1.60 bits per heavy atom. The number of carbonyl (C=O) groups is 2. The van der Waals surface area contributed by atoms with Crippen molar-refractivity contribution in [3.8, 4) is 0 Å². The number of nitrogens with zero attached hydrogens (tertiary/aromatic N) is 4. The van der Waals surface area contributed by atoms with Gasteiger partial charge in [0, 0.05) is 50.4 Å². The molecule has 0 aromatic carbocycles. The van der Waals surface area contributed by atoms with E-state index in [-0.39, 0.29) is 11.8 Å². The average Bonchev–Trinajstić information content (AvgIpc) is 2.88. The largest absolute Gasteiger partial charge is 0.339 e. The van der Waals surface area contributed by atoms with Crippen LogP contribution in [0.5, 0.6) is 0 Å². The molecule has 0 unspecified atom stereocenters. The van der Waals surface area contributed by atoms with Crippen molar-refractivity contribution in [1.29, 1.82) is 0 Å². The fourth-order valence-electron chi connectivity index (χ4n) is 4.12. The maximum Gasteiger partial charge on any atom is 0.227 e. The van der Waals surface area contributed by atoms with Gasteiger partial charge in [0.1, 0.15) is 0 Å². The van der Waals surface area contributed by atoms with Crippen LogP contribution in [-0.4, -0.2) is 57.6 Å². The van der Waals surface area contributed by atoms with Crippen LogP contribution < -0.4 is 0 Å². The van der Waals surface area contributed by atoms with E-state index < -0.39 is 0 Å². The van der Waals surface area contributed by atoms with Crippen molar-refractivity contribution in [3.63, 3.8) is 0 Å². The topological polar surface area (TPSA) is 58.4 Å². The predicted octanol–water partition coefficient (Wildman–Crippen LogP) is 1.83. The first-order valence-electron chi connectivity index (χ1n) is 9.53. The first kappa shape index (κ1) is 18.0. The molecule has 0 radical (unpaired) electrons. The van der Waals surface area contributed by atoms with Gasteiger partial charge >= 0.3 is 0 Å². The van der Waals surface area contributed by atoms with E-state index in [1.54, 1.807) is 0 Å². The molecule has 1 aliphatic carbocycles. The number of piperazine rings is 1. The zero-order valence-electron chi connectivity index (χ0n) is 15.8. The molecule has 1 aromatic rings. The van der Waals surface area contributed by atoms with Crippen LogP contribution in [0.15, 0.2) is 0 Å². The van der Waals surface area contributed by atoms with Gasteiger partial charge in [-0.15, -0.1) is 0 Å². The van der Waals surface area contributed by atoms with Crippen LogP contribution in [0.25, 0.3) is 0 Å². The van der Waals surface area contributed by atoms with Gasteiger partial charge in [-0.2, -0.15) is 5.10 Å². The van der Waals surface area contributed by atoms with Gasteiger partial charge in [0.15, 0.2) is 0 Å². The fourth-order valence-corrected chi connectivity index (χ4v) is 4.12. The highest BCUT2D eigenvalue weighted by atomic mass is 16.2. The van der Waals surface area contributed by atoms with Crippen molar-refractivity contribution in [1.82, 2.24) is 19.6 Å². The normalized spacial score (nSPS) is 19.3. The van der Waals surface area contributed by atoms with E-state index >= 15 is 0 Å². The van der Waals surface area contributed by atoms with Crippen LogP contribution in [0.3, 0.4) is 0 Å². The first-order chi connectivity index (χ1) is 12.0. The highest BCUT2D eigenvalue weighted by Crippen LogP contribution is 2.26. The van der Waals surface area contributed by atoms with Gasteiger partial charge in [0.2, 0.25) is 11.8 Å². The smallest absolute Gasteiger partial charge is 0.227 e. The minimum atomic E-state index is 0.143. The van der Waals surface area contributed by atoms with Gasteiger partial charge in [0.25, 0.3) is 0 Å². The Morgan fingerprint density at radius 3 is 2.16 bits per heavy atom. The minimum absolute atomic E-state index is 0.143. The van der Waals surface area contributed by atoms with E-state index in [2.05, 4.69) is 5.10 Å². The maximum atomic E-state index is 12.6. The summed E-state index contributed by atoms with van der Waals surface area (Å²) in [5.74, 6) is 0.673. The summed E-state index contributed by atoms with van der Waals surface area (Å²) < 4.78 is 1.83. The number of amides is 2. The number of aryl methyl sites for hydroxylation is 2. The maximum absolute atomic E-state index is 12.6. The number of hydrogen-bond acceptors (Lipinski definition) is 3. The Labute approximate surface area is 150 Å². The van der Waals surface area contributed by atoms with Crippen LogP contribution >= 0.6 is 0 Å². The van der Waals surface area contributed by atoms with Gasteiger partial charge < -0.3 is 9.80 Å². The monoisotopic (exact) mass is 346 g/mol. The van der Waals surface area contributed by atoms with E-state index in [1.165, 1.54) is 19.3 Å². The Morgan fingerprint density at radius 1 is 1.00 bits per heavy atom. The van der Waals surface area contributed by atoms with Crippen molar-refractivity contribution in [3.05, 3.63) is 17.0 Å². The molecule has 1 saturated carbocycles. The van der Waals surface area contributed by atoms with Crippen LogP contribution in [0.4, 0.5) is 0 Å². The molecule has 25 heavy (non-hydrogen) atoms. The number of aromatic nitrogens is 2. The number of rotatable bonds is 3. The standard InChI is InChI=1S/C19H30N4O2/c1-14-17(15(2)21(3)20-14)13-18(24)22-9-11-23(12-10-22)19(25)16-7-5-4-6-8-16/h16H,4-13H2,1-3H3. The van der Waals surface area contributed by atoms with Gasteiger partial charge in [-0.25, -0.2) is 0 Å². The fraction of sp³-hybridized carbons (Fsp3) is 0.737. The molecular weight excluding hydrogens is 316 g/mol. The summed E-state index contributed by atoms with van der Waals surface area (Å²) in [7, 11) is 1.91. The molecule has 1 aromatic heterocycles. The Balaban J connectivity index is 1.53. The lowest BCUT2D eigenvalue weighted by atomic mass is 9.88. The van der Waals surface area contributed by atoms with E-state index in [9.17, 15) is 9.59 Å². The summed E-state index contributed by atoms with van der Waals surface area (Å²) in [5.41, 5.74) is 3.02. The van der Waals surface area contributed by atoms with Gasteiger partial charge in [-0.3, -0.25) is 14.3 Å². The SMILES string of the molecule is Cc1nn(C)c(C)c1CC(=O)N1CCN(C(=O)C2CCCCC2)CC1. The highest BCUT2D eigenvalue weighted by molar-refractivity contribution is 5.81. The van der Waals surface area contributed by atoms with E-state index in [1.807, 2.05) is 35.4 Å². The van der Waals surface area contributed by atoms with Crippen LogP contribution in [-0.2, 0) is 23.1 Å². The lowest BCUT2D eigenvalue weighted by Gasteiger charge is -2.37. The second kappa shape index (κ2) is 7.58. The zero-order chi connectivity index (χ0) is 18.0. The molecule has 6 heteroatoms. The third-order valence-corrected chi connectivity index (χ3v) is 5.89. The zero-order valence-corrected chi connectivity index (χ0v) is 15.8. The first-order valence-corrected chi connectivity index (χ1v) is 9.53. The summed E-state index contributed by atoms with van der Waals surface area (Å²) in [6.45, 7) is 6.60. The van der Waals surface area contributed by atoms with Crippen molar-refractivity contribution >= 4 is 11.8 Å². The van der Waals surface area contributed by atoms with Crippen LogP contribution in [0, 0.1) is 19.8 Å². The molecule has 2 fully saturated rings. The molecular formula is C19H30N4O2. The number of hydrogen-bond donors (Lipinski definition) is 0. The Bertz CT molecular complexity index is 638. The second-order valence-electron chi connectivity index (χ2n) is 7.49. The summed E-state index contributed by atoms with van der Waals surface area (Å²) in [5, 5.41) is 4.39. The molecule has 2 heterocycles. The second-order valence-corrected chi connectivity index (χ2v) is 7.49. The predicted molar refractivity (Wildman–Crippen MR) is 96.1 cm³/mol. The summed E-state index contributed by atoms with van der Waals surface area (Å²) in [4.78, 5) is 29.1. The van der Waals surface area contributed by atoms with Crippen molar-refractivity contribution < 1.29 is 9.59 Å². The molecule has 6 nitrogen and oxygen atoms in total. The molecule has 2 aliphatic rings. The van der Waals surface area contributed by atoms with Crippen molar-refractivity contribution in [2.75, 3.05) is 26.2 Å². The average molecular weight is 346 g/mol. The van der Waals surface area contributed by atoms with Gasteiger partial charge in [0.05, 0.1) is 12.1 Å². The Kier molecular flexibility index (Phi) is 5.45. The third-order valence-electron chi connectivity index (χ3n) is 5.89. The third kappa shape index (κ3) is 3.88.